The minimum Gasteiger partial charge on any atom is -0.308 e. The molecule has 1 nitrogen and oxygen atoms in total. The van der Waals surface area contributed by atoms with Crippen LogP contribution in [0.1, 0.15) is 20.3 Å². The summed E-state index contributed by atoms with van der Waals surface area (Å²) in [6, 6.07) is 0. The number of nitrogens with one attached hydrogen (secondary N) is 1. The lowest BCUT2D eigenvalue weighted by Crippen LogP contribution is -2.04. The maximum Gasteiger partial charge on any atom is 0.0276 e. The summed E-state index contributed by atoms with van der Waals surface area (Å²) >= 11 is 0. The topological polar surface area (TPSA) is 21.9 Å². The molecule has 0 radical (unpaired) electrons. The molecule has 0 aromatic carbocycles. The average Bonchev–Trinajstić information content (AvgIpc) is 2.22. The molecule has 0 saturated carbocycles. The molecule has 0 amide bonds. The molecule has 1 aliphatic heterocycles. The van der Waals surface area contributed by atoms with Crippen LogP contribution in [0.2, 0.25) is 0 Å². The first kappa shape index (κ1) is 4.13. The lowest BCUT2D eigenvalue weighted by atomic mass is 10.1. The van der Waals surface area contributed by atoms with Gasteiger partial charge in [-0.1, -0.05) is 6.92 Å². The van der Waals surface area contributed by atoms with Gasteiger partial charge in [-0.3, -0.25) is 0 Å². The van der Waals surface area contributed by atoms with E-state index in [9.17, 15) is 0 Å². The fraction of sp³-hybridized carbons (Fsp3) is 1.00. The van der Waals surface area contributed by atoms with Gasteiger partial charge < -0.3 is 5.32 Å². The van der Waals surface area contributed by atoms with E-state index in [4.69, 9.17) is 0 Å². The summed E-state index contributed by atoms with van der Waals surface area (Å²) in [7, 11) is 0. The van der Waals surface area contributed by atoms with Gasteiger partial charge in [0.05, 0.1) is 0 Å². The van der Waals surface area contributed by atoms with Crippen molar-refractivity contribution in [3.8, 4) is 0 Å². The fourth-order valence-electron chi connectivity index (χ4n) is 0.401. The molecule has 0 aromatic heterocycles. The molecule has 0 spiro atoms. The van der Waals surface area contributed by atoms with Crippen LogP contribution >= 0.6 is 0 Å². The second kappa shape index (κ2) is 0.969. The Balaban J connectivity index is 2.28. The van der Waals surface area contributed by atoms with Crippen LogP contribution in [0.15, 0.2) is 0 Å². The van der Waals surface area contributed by atoms with E-state index < -0.39 is 0 Å². The van der Waals surface area contributed by atoms with Crippen molar-refractivity contribution in [2.24, 2.45) is 0 Å². The van der Waals surface area contributed by atoms with E-state index in [0.29, 0.717) is 5.54 Å². The van der Waals surface area contributed by atoms with Gasteiger partial charge in [-0.05, 0) is 13.3 Å². The van der Waals surface area contributed by atoms with Crippen LogP contribution in [0, 0.1) is 0 Å². The van der Waals surface area contributed by atoms with Gasteiger partial charge in [-0.25, -0.2) is 0 Å². The highest BCUT2D eigenvalue weighted by Gasteiger charge is 2.33. The molecule has 1 heterocycles. The van der Waals surface area contributed by atoms with Gasteiger partial charge >= 0.3 is 0 Å². The molecule has 1 N–H and O–H groups in total. The van der Waals surface area contributed by atoms with Gasteiger partial charge in [0.2, 0.25) is 0 Å². The van der Waals surface area contributed by atoms with Crippen LogP contribution < -0.4 is 5.32 Å². The van der Waals surface area contributed by atoms with Crippen molar-refractivity contribution in [3.63, 3.8) is 0 Å². The zero-order valence-corrected chi connectivity index (χ0v) is 4.41. The van der Waals surface area contributed by atoms with E-state index in [2.05, 4.69) is 19.2 Å². The molecule has 0 aliphatic carbocycles. The molecule has 1 heteroatoms. The van der Waals surface area contributed by atoms with Crippen LogP contribution in [-0.4, -0.2) is 12.1 Å². The summed E-state index contributed by atoms with van der Waals surface area (Å²) in [5.74, 6) is 0. The van der Waals surface area contributed by atoms with Crippen LogP contribution in [0.3, 0.4) is 0 Å². The summed E-state index contributed by atoms with van der Waals surface area (Å²) in [5, 5.41) is 3.26. The third kappa shape index (κ3) is 0.548. The quantitative estimate of drug-likeness (QED) is 0.466. The Hall–Kier alpha value is -0.0400. The minimum absolute atomic E-state index is 0.542. The molecular formula is C5H11N. The second-order valence-corrected chi connectivity index (χ2v) is 2.27. The largest absolute Gasteiger partial charge is 0.308 e. The van der Waals surface area contributed by atoms with E-state index in [1.807, 2.05) is 0 Å². The fourth-order valence-corrected chi connectivity index (χ4v) is 0.401. The predicted molar refractivity (Wildman–Crippen MR) is 26.7 cm³/mol. The maximum absolute atomic E-state index is 3.26. The number of hydrogen-bond donors (Lipinski definition) is 1. The summed E-state index contributed by atoms with van der Waals surface area (Å²) in [6.45, 7) is 5.68. The van der Waals surface area contributed by atoms with E-state index in [0.717, 1.165) is 0 Å². The molecule has 0 bridgehead atoms. The van der Waals surface area contributed by atoms with E-state index in [1.165, 1.54) is 13.0 Å². The number of hydrogen-bond acceptors (Lipinski definition) is 1. The summed E-state index contributed by atoms with van der Waals surface area (Å²) in [5.41, 5.74) is 0.542. The highest BCUT2D eigenvalue weighted by Crippen LogP contribution is 2.18. The van der Waals surface area contributed by atoms with Crippen molar-refractivity contribution in [2.75, 3.05) is 6.54 Å². The molecule has 1 aliphatic rings. The van der Waals surface area contributed by atoms with Gasteiger partial charge in [0.1, 0.15) is 0 Å². The average molecular weight is 85.1 g/mol. The molecule has 6 heavy (non-hydrogen) atoms. The third-order valence-corrected chi connectivity index (χ3v) is 1.56. The summed E-state index contributed by atoms with van der Waals surface area (Å²) in [4.78, 5) is 0. The van der Waals surface area contributed by atoms with Crippen molar-refractivity contribution in [1.29, 1.82) is 0 Å². The first-order valence-corrected chi connectivity index (χ1v) is 2.52. The molecular weight excluding hydrogens is 74.1 g/mol. The van der Waals surface area contributed by atoms with Crippen molar-refractivity contribution >= 4 is 0 Å². The standard InChI is InChI=1S/C5H11N/c1-3-5(2)4-6-5/h6H,3-4H2,1-2H3. The normalized spacial score (nSPS) is 43.0. The molecule has 0 aromatic rings. The lowest BCUT2D eigenvalue weighted by molar-refractivity contribution is 0.669. The van der Waals surface area contributed by atoms with Gasteiger partial charge in [-0.2, -0.15) is 0 Å². The lowest BCUT2D eigenvalue weighted by Gasteiger charge is -1.95. The van der Waals surface area contributed by atoms with Crippen molar-refractivity contribution in [3.05, 3.63) is 0 Å². The molecule has 1 atom stereocenters. The highest BCUT2D eigenvalue weighted by molar-refractivity contribution is 4.97. The van der Waals surface area contributed by atoms with Gasteiger partial charge in [-0.15, -0.1) is 0 Å². The first-order chi connectivity index (χ1) is 2.77. The maximum atomic E-state index is 3.26. The van der Waals surface area contributed by atoms with Crippen molar-refractivity contribution in [2.45, 2.75) is 25.8 Å². The Morgan fingerprint density at radius 2 is 2.33 bits per heavy atom. The van der Waals surface area contributed by atoms with Gasteiger partial charge in [0.15, 0.2) is 0 Å². The Bertz CT molecular complexity index is 55.0. The number of rotatable bonds is 1. The van der Waals surface area contributed by atoms with Crippen LogP contribution in [0.4, 0.5) is 0 Å². The van der Waals surface area contributed by atoms with Gasteiger partial charge in [0.25, 0.3) is 0 Å². The predicted octanol–water partition coefficient (Wildman–Crippen LogP) is 0.758. The third-order valence-electron chi connectivity index (χ3n) is 1.56. The molecule has 1 saturated heterocycles. The molecule has 1 fully saturated rings. The zero-order valence-electron chi connectivity index (χ0n) is 4.41. The molecule has 36 valence electrons. The smallest absolute Gasteiger partial charge is 0.0276 e. The van der Waals surface area contributed by atoms with E-state index >= 15 is 0 Å². The Morgan fingerprint density at radius 1 is 1.83 bits per heavy atom. The highest BCUT2D eigenvalue weighted by atomic mass is 15.1. The Labute approximate surface area is 38.7 Å². The van der Waals surface area contributed by atoms with Crippen molar-refractivity contribution < 1.29 is 0 Å². The van der Waals surface area contributed by atoms with E-state index in [1.54, 1.807) is 0 Å². The van der Waals surface area contributed by atoms with Gasteiger partial charge in [0, 0.05) is 12.1 Å². The summed E-state index contributed by atoms with van der Waals surface area (Å²) < 4.78 is 0. The van der Waals surface area contributed by atoms with E-state index in [-0.39, 0.29) is 0 Å². The Kier molecular flexibility index (Phi) is 0.667. The Morgan fingerprint density at radius 3 is 2.33 bits per heavy atom. The van der Waals surface area contributed by atoms with Crippen LogP contribution in [0.25, 0.3) is 0 Å². The molecule has 1 unspecified atom stereocenters. The molecule has 1 rings (SSSR count). The zero-order chi connectivity index (χ0) is 4.62. The van der Waals surface area contributed by atoms with Crippen molar-refractivity contribution in [1.82, 2.24) is 5.32 Å². The monoisotopic (exact) mass is 85.1 g/mol. The minimum atomic E-state index is 0.542. The van der Waals surface area contributed by atoms with Crippen LogP contribution in [0.5, 0.6) is 0 Å². The van der Waals surface area contributed by atoms with Crippen LogP contribution in [-0.2, 0) is 0 Å². The SMILES string of the molecule is CCC1(C)CN1. The first-order valence-electron chi connectivity index (χ1n) is 2.52. The summed E-state index contributed by atoms with van der Waals surface area (Å²) in [6.07, 6.45) is 1.27. The second-order valence-electron chi connectivity index (χ2n) is 2.27.